The number of carbonyl (C=O) groups excluding carboxylic acids is 2. The lowest BCUT2D eigenvalue weighted by molar-refractivity contribution is 0.0732. The Morgan fingerprint density at radius 1 is 1.16 bits per heavy atom. The van der Waals surface area contributed by atoms with Crippen molar-refractivity contribution in [1.82, 2.24) is 4.90 Å². The molecule has 2 aromatic rings. The van der Waals surface area contributed by atoms with E-state index in [1.165, 1.54) is 0 Å². The number of Topliss-reactive ketones (excluding diaryl/α,β-unsaturated/α-hetero) is 1. The van der Waals surface area contributed by atoms with Gasteiger partial charge in [-0.15, -0.1) is 11.3 Å². The van der Waals surface area contributed by atoms with Crippen LogP contribution in [0.1, 0.15) is 33.6 Å². The van der Waals surface area contributed by atoms with E-state index in [4.69, 9.17) is 0 Å². The quantitative estimate of drug-likeness (QED) is 0.769. The van der Waals surface area contributed by atoms with Gasteiger partial charge in [0.15, 0.2) is 15.6 Å². The molecule has 1 aromatic carbocycles. The van der Waals surface area contributed by atoms with Crippen LogP contribution < -0.4 is 0 Å². The van der Waals surface area contributed by atoms with Gasteiger partial charge in [0, 0.05) is 37.1 Å². The van der Waals surface area contributed by atoms with Gasteiger partial charge in [-0.2, -0.15) is 0 Å². The number of amides is 1. The second-order valence-electron chi connectivity index (χ2n) is 6.36. The Hall–Kier alpha value is -1.99. The van der Waals surface area contributed by atoms with Gasteiger partial charge < -0.3 is 4.90 Å². The Balaban J connectivity index is 1.59. The largest absolute Gasteiger partial charge is 0.338 e. The number of hydrogen-bond donors (Lipinski definition) is 0. The molecular formula is C18H16NO4S2. The minimum Gasteiger partial charge on any atom is -0.338 e. The van der Waals surface area contributed by atoms with E-state index in [1.54, 1.807) is 47.0 Å². The first-order valence-corrected chi connectivity index (χ1v) is 10.3. The molecule has 1 radical (unpaired) electrons. The minimum absolute atomic E-state index is 0.0353. The fourth-order valence-corrected chi connectivity index (χ4v) is 7.13. The van der Waals surface area contributed by atoms with Crippen molar-refractivity contribution in [1.29, 1.82) is 0 Å². The first kappa shape index (κ1) is 16.5. The van der Waals surface area contributed by atoms with Gasteiger partial charge in [0.1, 0.15) is 4.21 Å². The van der Waals surface area contributed by atoms with Gasteiger partial charge in [0.2, 0.25) is 0 Å². The molecule has 2 aliphatic rings. The third-order valence-electron chi connectivity index (χ3n) is 4.97. The van der Waals surface area contributed by atoms with Crippen LogP contribution in [-0.4, -0.2) is 42.8 Å². The van der Waals surface area contributed by atoms with Crippen LogP contribution in [-0.2, 0) is 9.84 Å². The normalized spacial score (nSPS) is 21.1. The number of sulfone groups is 1. The molecule has 3 heterocycles. The van der Waals surface area contributed by atoms with E-state index >= 15 is 0 Å². The first-order valence-electron chi connectivity index (χ1n) is 7.99. The summed E-state index contributed by atoms with van der Waals surface area (Å²) < 4.78 is 25.1. The zero-order valence-corrected chi connectivity index (χ0v) is 15.0. The van der Waals surface area contributed by atoms with Gasteiger partial charge in [0.05, 0.1) is 4.75 Å². The smallest absolute Gasteiger partial charge is 0.253 e. The molecule has 7 heteroatoms. The minimum atomic E-state index is -3.60. The van der Waals surface area contributed by atoms with Gasteiger partial charge in [-0.3, -0.25) is 9.59 Å². The zero-order valence-electron chi connectivity index (χ0n) is 13.3. The Kier molecular flexibility index (Phi) is 3.81. The highest BCUT2D eigenvalue weighted by atomic mass is 32.2. The number of fused-ring (bicyclic) bond motifs is 1. The lowest BCUT2D eigenvalue weighted by atomic mass is 9.88. The number of rotatable bonds is 1. The summed E-state index contributed by atoms with van der Waals surface area (Å²) in [5.74, 6) is -0.256. The van der Waals surface area contributed by atoms with Crippen LogP contribution in [0.25, 0.3) is 0 Å². The Morgan fingerprint density at radius 2 is 1.92 bits per heavy atom. The highest BCUT2D eigenvalue weighted by molar-refractivity contribution is 7.95. The van der Waals surface area contributed by atoms with E-state index in [1.807, 2.05) is 6.07 Å². The molecule has 1 saturated heterocycles. The maximum absolute atomic E-state index is 13.1. The first-order chi connectivity index (χ1) is 11.9. The summed E-state index contributed by atoms with van der Waals surface area (Å²) in [5, 5.41) is 1.65. The number of piperidine rings is 1. The number of hydrogen-bond acceptors (Lipinski definition) is 5. The number of ketones is 1. The van der Waals surface area contributed by atoms with Crippen LogP contribution >= 0.6 is 11.3 Å². The lowest BCUT2D eigenvalue weighted by Crippen LogP contribution is -2.53. The molecule has 0 saturated carbocycles. The summed E-state index contributed by atoms with van der Waals surface area (Å²) in [7, 11) is -3.60. The lowest BCUT2D eigenvalue weighted by Gasteiger charge is -2.42. The molecule has 1 aromatic heterocycles. The molecule has 0 aliphatic carbocycles. The molecule has 2 aliphatic heterocycles. The van der Waals surface area contributed by atoms with E-state index in [0.29, 0.717) is 17.7 Å². The van der Waals surface area contributed by atoms with Crippen LogP contribution in [0.15, 0.2) is 46.0 Å². The Labute approximate surface area is 150 Å². The number of thiophene rings is 1. The Bertz CT molecular complexity index is 938. The molecule has 5 nitrogen and oxygen atoms in total. The van der Waals surface area contributed by atoms with Crippen molar-refractivity contribution in [3.8, 4) is 0 Å². The van der Waals surface area contributed by atoms with Crippen molar-refractivity contribution in [2.45, 2.75) is 21.8 Å². The molecule has 0 N–H and O–H groups in total. The number of likely N-dealkylation sites (tertiary alicyclic amines) is 1. The van der Waals surface area contributed by atoms with Gasteiger partial charge in [-0.05, 0) is 30.0 Å². The fraction of sp³-hybridized carbons (Fsp3) is 0.278. The number of carbonyl (C=O) groups is 2. The SMILES string of the molecule is O=C1CC2([CH]CN(C(=O)c3ccccc3)CC2)S(=O)(=O)c2sccc21. The van der Waals surface area contributed by atoms with Crippen LogP contribution in [0.2, 0.25) is 0 Å². The molecular weight excluding hydrogens is 358 g/mol. The standard InChI is InChI=1S/C18H16NO4S2/c20-15-12-18(25(22,23)17-14(15)6-11-24-17)7-9-19(10-8-18)16(21)13-4-2-1-3-5-13/h1-7,11H,8-10,12H2. The highest BCUT2D eigenvalue weighted by Gasteiger charge is 2.53. The summed E-state index contributed by atoms with van der Waals surface area (Å²) in [5.41, 5.74) is 0.891. The molecule has 129 valence electrons. The molecule has 1 atom stereocenters. The number of benzene rings is 1. The molecule has 4 rings (SSSR count). The summed E-state index contributed by atoms with van der Waals surface area (Å²) in [6, 6.07) is 10.5. The topological polar surface area (TPSA) is 71.5 Å². The predicted molar refractivity (Wildman–Crippen MR) is 94.4 cm³/mol. The van der Waals surface area contributed by atoms with Crippen LogP contribution in [0.3, 0.4) is 0 Å². The van der Waals surface area contributed by atoms with E-state index in [9.17, 15) is 18.0 Å². The van der Waals surface area contributed by atoms with E-state index in [-0.39, 0.29) is 35.3 Å². The predicted octanol–water partition coefficient (Wildman–Crippen LogP) is 2.60. The van der Waals surface area contributed by atoms with E-state index in [2.05, 4.69) is 0 Å². The molecule has 25 heavy (non-hydrogen) atoms. The zero-order chi connectivity index (χ0) is 17.7. The molecule has 1 fully saturated rings. The average Bonchev–Trinajstić information content (AvgIpc) is 3.13. The third-order valence-corrected chi connectivity index (χ3v) is 8.91. The maximum atomic E-state index is 13.1. The monoisotopic (exact) mass is 374 g/mol. The van der Waals surface area contributed by atoms with E-state index in [0.717, 1.165) is 11.3 Å². The fourth-order valence-electron chi connectivity index (χ4n) is 3.50. The Morgan fingerprint density at radius 3 is 2.60 bits per heavy atom. The second kappa shape index (κ2) is 5.78. The van der Waals surface area contributed by atoms with Crippen molar-refractivity contribution in [2.75, 3.05) is 13.1 Å². The van der Waals surface area contributed by atoms with Crippen LogP contribution in [0.4, 0.5) is 0 Å². The summed E-state index contributed by atoms with van der Waals surface area (Å²) >= 11 is 1.10. The van der Waals surface area contributed by atoms with Crippen molar-refractivity contribution in [2.24, 2.45) is 0 Å². The van der Waals surface area contributed by atoms with Gasteiger partial charge in [-0.25, -0.2) is 8.42 Å². The summed E-state index contributed by atoms with van der Waals surface area (Å²) in [4.78, 5) is 26.6. The van der Waals surface area contributed by atoms with Crippen molar-refractivity contribution < 1.29 is 18.0 Å². The summed E-state index contributed by atoms with van der Waals surface area (Å²) in [6.45, 7) is 0.540. The highest BCUT2D eigenvalue weighted by Crippen LogP contribution is 2.45. The molecule has 1 amide bonds. The summed E-state index contributed by atoms with van der Waals surface area (Å²) in [6.07, 6.45) is 1.86. The number of nitrogens with zero attached hydrogens (tertiary/aromatic N) is 1. The van der Waals surface area contributed by atoms with Crippen molar-refractivity contribution in [3.63, 3.8) is 0 Å². The second-order valence-corrected chi connectivity index (χ2v) is 9.76. The van der Waals surface area contributed by atoms with Gasteiger partial charge >= 0.3 is 0 Å². The molecule has 1 spiro atoms. The van der Waals surface area contributed by atoms with Crippen molar-refractivity contribution >= 4 is 32.9 Å². The van der Waals surface area contributed by atoms with Gasteiger partial charge in [-0.1, -0.05) is 18.2 Å². The van der Waals surface area contributed by atoms with Crippen LogP contribution in [0, 0.1) is 6.42 Å². The maximum Gasteiger partial charge on any atom is 0.253 e. The van der Waals surface area contributed by atoms with Crippen molar-refractivity contribution in [3.05, 3.63) is 59.3 Å². The average molecular weight is 374 g/mol. The molecule has 0 bridgehead atoms. The van der Waals surface area contributed by atoms with Crippen LogP contribution in [0.5, 0.6) is 0 Å². The van der Waals surface area contributed by atoms with Gasteiger partial charge in [0.25, 0.3) is 5.91 Å². The molecule has 1 unspecified atom stereocenters. The third kappa shape index (κ3) is 2.45. The van der Waals surface area contributed by atoms with E-state index < -0.39 is 14.6 Å².